The van der Waals surface area contributed by atoms with Gasteiger partial charge in [-0.05, 0) is 66.8 Å². The lowest BCUT2D eigenvalue weighted by Crippen LogP contribution is -2.13. The maximum Gasteiger partial charge on any atom is 0.261 e. The van der Waals surface area contributed by atoms with Crippen LogP contribution in [0.5, 0.6) is 0 Å². The summed E-state index contributed by atoms with van der Waals surface area (Å²) in [5, 5.41) is 0. The van der Waals surface area contributed by atoms with Crippen molar-refractivity contribution < 1.29 is 12.8 Å². The zero-order valence-electron chi connectivity index (χ0n) is 10.8. The molecule has 0 saturated carbocycles. The number of hydrogen-bond donors (Lipinski definition) is 1. The number of hydrogen-bond acceptors (Lipinski definition) is 2. The van der Waals surface area contributed by atoms with Crippen LogP contribution in [0.3, 0.4) is 0 Å². The highest BCUT2D eigenvalue weighted by molar-refractivity contribution is 7.92. The minimum Gasteiger partial charge on any atom is -0.280 e. The van der Waals surface area contributed by atoms with Gasteiger partial charge in [0.2, 0.25) is 0 Å². The zero-order valence-corrected chi connectivity index (χ0v) is 11.6. The SMILES string of the molecule is O=S(=O)(Nc1ccc2c(c1)CCC2)c1ccc(F)cc1. The first kappa shape index (κ1) is 13.1. The predicted octanol–water partition coefficient (Wildman–Crippen LogP) is 3.12. The first-order valence-electron chi connectivity index (χ1n) is 6.45. The van der Waals surface area contributed by atoms with E-state index < -0.39 is 15.8 Å². The molecule has 104 valence electrons. The van der Waals surface area contributed by atoms with Gasteiger partial charge in [-0.15, -0.1) is 0 Å². The third kappa shape index (κ3) is 2.54. The summed E-state index contributed by atoms with van der Waals surface area (Å²) >= 11 is 0. The second-order valence-electron chi connectivity index (χ2n) is 4.90. The summed E-state index contributed by atoms with van der Waals surface area (Å²) in [6, 6.07) is 10.4. The Labute approximate surface area is 117 Å². The highest BCUT2D eigenvalue weighted by Crippen LogP contribution is 2.26. The predicted molar refractivity (Wildman–Crippen MR) is 75.7 cm³/mol. The summed E-state index contributed by atoms with van der Waals surface area (Å²) in [5.74, 6) is -0.457. The lowest BCUT2D eigenvalue weighted by atomic mass is 10.1. The smallest absolute Gasteiger partial charge is 0.261 e. The number of nitrogens with one attached hydrogen (secondary N) is 1. The molecule has 0 saturated heterocycles. The number of benzene rings is 2. The van der Waals surface area contributed by atoms with Crippen LogP contribution in [0.2, 0.25) is 0 Å². The van der Waals surface area contributed by atoms with Gasteiger partial charge in [0, 0.05) is 5.69 Å². The minimum absolute atomic E-state index is 0.0550. The number of rotatable bonds is 3. The van der Waals surface area contributed by atoms with E-state index in [9.17, 15) is 12.8 Å². The van der Waals surface area contributed by atoms with Crippen molar-refractivity contribution in [3.8, 4) is 0 Å². The van der Waals surface area contributed by atoms with Crippen LogP contribution in [0, 0.1) is 5.82 Å². The van der Waals surface area contributed by atoms with Crippen molar-refractivity contribution in [3.05, 3.63) is 59.4 Å². The number of aryl methyl sites for hydroxylation is 2. The Balaban J connectivity index is 1.88. The molecule has 0 radical (unpaired) electrons. The lowest BCUT2D eigenvalue weighted by Gasteiger charge is -2.09. The molecule has 1 aliphatic rings. The molecule has 3 nitrogen and oxygen atoms in total. The molecule has 2 aromatic carbocycles. The Morgan fingerprint density at radius 1 is 0.950 bits per heavy atom. The largest absolute Gasteiger partial charge is 0.280 e. The number of sulfonamides is 1. The fraction of sp³-hybridized carbons (Fsp3) is 0.200. The van der Waals surface area contributed by atoms with Crippen molar-refractivity contribution in [2.75, 3.05) is 4.72 Å². The molecule has 20 heavy (non-hydrogen) atoms. The highest BCUT2D eigenvalue weighted by atomic mass is 32.2. The third-order valence-electron chi connectivity index (χ3n) is 3.47. The van der Waals surface area contributed by atoms with Crippen LogP contribution in [-0.4, -0.2) is 8.42 Å². The van der Waals surface area contributed by atoms with Crippen molar-refractivity contribution in [2.45, 2.75) is 24.2 Å². The number of fused-ring (bicyclic) bond motifs is 1. The lowest BCUT2D eigenvalue weighted by molar-refractivity contribution is 0.599. The van der Waals surface area contributed by atoms with E-state index in [1.807, 2.05) is 12.1 Å². The van der Waals surface area contributed by atoms with Crippen LogP contribution < -0.4 is 4.72 Å². The molecule has 0 fully saturated rings. The molecule has 1 aliphatic carbocycles. The number of halogens is 1. The first-order valence-corrected chi connectivity index (χ1v) is 7.93. The van der Waals surface area contributed by atoms with Gasteiger partial charge in [0.1, 0.15) is 5.82 Å². The van der Waals surface area contributed by atoms with E-state index in [2.05, 4.69) is 4.72 Å². The van der Waals surface area contributed by atoms with E-state index in [4.69, 9.17) is 0 Å². The maximum absolute atomic E-state index is 12.8. The van der Waals surface area contributed by atoms with Crippen LogP contribution in [0.25, 0.3) is 0 Å². The standard InChI is InChI=1S/C15H14FNO2S/c16-13-5-8-15(9-6-13)20(18,19)17-14-7-4-11-2-1-3-12(11)10-14/h4-10,17H,1-3H2. The molecule has 1 N–H and O–H groups in total. The Hall–Kier alpha value is -1.88. The van der Waals surface area contributed by atoms with E-state index in [0.717, 1.165) is 31.4 Å². The van der Waals surface area contributed by atoms with Crippen molar-refractivity contribution in [1.29, 1.82) is 0 Å². The Morgan fingerprint density at radius 3 is 2.40 bits per heavy atom. The van der Waals surface area contributed by atoms with Crippen molar-refractivity contribution >= 4 is 15.7 Å². The molecule has 0 aliphatic heterocycles. The fourth-order valence-electron chi connectivity index (χ4n) is 2.46. The summed E-state index contributed by atoms with van der Waals surface area (Å²) < 4.78 is 39.7. The zero-order chi connectivity index (χ0) is 14.2. The monoisotopic (exact) mass is 291 g/mol. The molecule has 0 atom stereocenters. The molecular weight excluding hydrogens is 277 g/mol. The van der Waals surface area contributed by atoms with Crippen LogP contribution in [0.1, 0.15) is 17.5 Å². The second-order valence-corrected chi connectivity index (χ2v) is 6.58. The van der Waals surface area contributed by atoms with Crippen LogP contribution in [0.4, 0.5) is 10.1 Å². The van der Waals surface area contributed by atoms with Gasteiger partial charge in [-0.3, -0.25) is 4.72 Å². The molecule has 0 spiro atoms. The Bertz CT molecular complexity index is 739. The molecule has 5 heteroatoms. The maximum atomic E-state index is 12.8. The normalized spacial score (nSPS) is 14.1. The average Bonchev–Trinajstić information content (AvgIpc) is 2.86. The van der Waals surface area contributed by atoms with Gasteiger partial charge < -0.3 is 0 Å². The van der Waals surface area contributed by atoms with Crippen LogP contribution >= 0.6 is 0 Å². The molecular formula is C15H14FNO2S. The molecule has 0 unspecified atom stereocenters. The van der Waals surface area contributed by atoms with Gasteiger partial charge in [0.15, 0.2) is 0 Å². The molecule has 0 bridgehead atoms. The quantitative estimate of drug-likeness (QED) is 0.944. The number of anilines is 1. The summed E-state index contributed by atoms with van der Waals surface area (Å²) in [6.07, 6.45) is 3.16. The summed E-state index contributed by atoms with van der Waals surface area (Å²) in [7, 11) is -3.66. The topological polar surface area (TPSA) is 46.2 Å². The first-order chi connectivity index (χ1) is 9.54. The van der Waals surface area contributed by atoms with Crippen LogP contribution in [-0.2, 0) is 22.9 Å². The Morgan fingerprint density at radius 2 is 1.65 bits per heavy atom. The summed E-state index contributed by atoms with van der Waals surface area (Å²) in [5.41, 5.74) is 3.04. The Kier molecular flexibility index (Phi) is 3.22. The van der Waals surface area contributed by atoms with E-state index in [-0.39, 0.29) is 4.90 Å². The van der Waals surface area contributed by atoms with Crippen LogP contribution in [0.15, 0.2) is 47.4 Å². The van der Waals surface area contributed by atoms with Gasteiger partial charge >= 0.3 is 0 Å². The molecule has 3 rings (SSSR count). The van der Waals surface area contributed by atoms with Gasteiger partial charge in [-0.25, -0.2) is 12.8 Å². The van der Waals surface area contributed by atoms with Gasteiger partial charge in [0.05, 0.1) is 4.90 Å². The van der Waals surface area contributed by atoms with E-state index in [1.165, 1.54) is 23.3 Å². The summed E-state index contributed by atoms with van der Waals surface area (Å²) in [4.78, 5) is 0.0550. The summed E-state index contributed by atoms with van der Waals surface area (Å²) in [6.45, 7) is 0. The second kappa shape index (κ2) is 4.90. The van der Waals surface area contributed by atoms with E-state index >= 15 is 0 Å². The van der Waals surface area contributed by atoms with Crippen molar-refractivity contribution in [1.82, 2.24) is 0 Å². The molecule has 0 aromatic heterocycles. The third-order valence-corrected chi connectivity index (χ3v) is 4.87. The molecule has 0 amide bonds. The van der Waals surface area contributed by atoms with E-state index in [1.54, 1.807) is 6.07 Å². The van der Waals surface area contributed by atoms with Crippen molar-refractivity contribution in [2.24, 2.45) is 0 Å². The van der Waals surface area contributed by atoms with E-state index in [0.29, 0.717) is 5.69 Å². The minimum atomic E-state index is -3.66. The van der Waals surface area contributed by atoms with Crippen molar-refractivity contribution in [3.63, 3.8) is 0 Å². The van der Waals surface area contributed by atoms with Gasteiger partial charge in [-0.2, -0.15) is 0 Å². The fourth-order valence-corrected chi connectivity index (χ4v) is 3.51. The van der Waals surface area contributed by atoms with Gasteiger partial charge in [0.25, 0.3) is 10.0 Å². The van der Waals surface area contributed by atoms with Gasteiger partial charge in [-0.1, -0.05) is 6.07 Å². The highest BCUT2D eigenvalue weighted by Gasteiger charge is 2.16. The molecule has 2 aromatic rings. The molecule has 0 heterocycles. The average molecular weight is 291 g/mol.